The molecule has 0 aromatic carbocycles. The largest absolute Gasteiger partial charge is 0.471 e. The molecule has 3 aromatic heterocycles. The van der Waals surface area contributed by atoms with Crippen LogP contribution in [0.1, 0.15) is 28.2 Å². The first-order valence-corrected chi connectivity index (χ1v) is 11.5. The van der Waals surface area contributed by atoms with E-state index in [1.54, 1.807) is 6.92 Å². The molecule has 1 saturated heterocycles. The van der Waals surface area contributed by atoms with Gasteiger partial charge in [-0.25, -0.2) is 24.1 Å². The molecule has 1 aliphatic heterocycles. The molecule has 2 atom stereocenters. The summed E-state index contributed by atoms with van der Waals surface area (Å²) < 4.78 is 62.0. The number of hydrogen-bond donors (Lipinski definition) is 3. The Morgan fingerprint density at radius 2 is 1.97 bits per heavy atom. The van der Waals surface area contributed by atoms with E-state index >= 15 is 0 Å². The van der Waals surface area contributed by atoms with Gasteiger partial charge in [-0.2, -0.15) is 17.5 Å². The van der Waals surface area contributed by atoms with Gasteiger partial charge in [0, 0.05) is 19.0 Å². The molecule has 0 aliphatic carbocycles. The second-order valence-corrected chi connectivity index (χ2v) is 8.68. The molecular weight excluding hydrogens is 522 g/mol. The van der Waals surface area contributed by atoms with Gasteiger partial charge in [-0.1, -0.05) is 0 Å². The maximum atomic E-state index is 14.3. The molecule has 4 rings (SSSR count). The number of hydrogen-bond acceptors (Lipinski definition) is 9. The Morgan fingerprint density at radius 1 is 1.19 bits per heavy atom. The van der Waals surface area contributed by atoms with Crippen molar-refractivity contribution in [3.63, 3.8) is 0 Å². The van der Waals surface area contributed by atoms with Crippen molar-refractivity contribution in [3.8, 4) is 5.88 Å². The lowest BCUT2D eigenvalue weighted by atomic mass is 10.1. The molecule has 11 nitrogen and oxygen atoms in total. The van der Waals surface area contributed by atoms with E-state index in [4.69, 9.17) is 9.84 Å². The molecule has 1 fully saturated rings. The van der Waals surface area contributed by atoms with Crippen molar-refractivity contribution in [2.75, 3.05) is 23.7 Å². The molecular formula is C21H19F4N7O4S. The minimum atomic E-state index is -4.63. The van der Waals surface area contributed by atoms with Crippen LogP contribution in [0, 0.1) is 6.92 Å². The van der Waals surface area contributed by atoms with Gasteiger partial charge in [-0.05, 0) is 24.5 Å². The third-order valence-corrected chi connectivity index (χ3v) is 6.15. The molecule has 2 amide bonds. The van der Waals surface area contributed by atoms with E-state index in [-0.39, 0.29) is 41.8 Å². The summed E-state index contributed by atoms with van der Waals surface area (Å²) in [5.41, 5.74) is -0.332. The van der Waals surface area contributed by atoms with Crippen LogP contribution < -0.4 is 15.4 Å². The molecule has 3 aromatic rings. The number of nitrogens with one attached hydrogen (secondary N) is 2. The van der Waals surface area contributed by atoms with Crippen LogP contribution in [0.15, 0.2) is 30.7 Å². The highest BCUT2D eigenvalue weighted by Crippen LogP contribution is 2.30. The van der Waals surface area contributed by atoms with Crippen molar-refractivity contribution in [1.82, 2.24) is 24.2 Å². The lowest BCUT2D eigenvalue weighted by Crippen LogP contribution is -2.48. The molecule has 196 valence electrons. The van der Waals surface area contributed by atoms with Gasteiger partial charge >= 0.3 is 12.3 Å². The standard InChI is InChI=1S/C21H19F4N7O4S/c1-10-17(19(37-31-10)30-15-8-26-14(7-27-15)21(23,24)25)18(33)29-11-2-3-16(28-6-11)36-13-4-5-32(20(34)35)9-12(13)22/h2-3,6-8,12-13H,4-5,9H2,1H3,(H,27,30)(H,29,33)(H,34,35)/t12-,13+/m0/s1. The Bertz CT molecular complexity index is 1270. The summed E-state index contributed by atoms with van der Waals surface area (Å²) in [4.78, 5) is 35.9. The van der Waals surface area contributed by atoms with Gasteiger partial charge < -0.3 is 25.4 Å². The minimum Gasteiger partial charge on any atom is -0.471 e. The van der Waals surface area contributed by atoms with Crippen molar-refractivity contribution >= 4 is 40.0 Å². The van der Waals surface area contributed by atoms with Crippen LogP contribution in [0.3, 0.4) is 0 Å². The van der Waals surface area contributed by atoms with Crippen LogP contribution >= 0.6 is 11.5 Å². The molecule has 16 heteroatoms. The Balaban J connectivity index is 1.39. The predicted octanol–water partition coefficient (Wildman–Crippen LogP) is 4.12. The number of aromatic nitrogens is 4. The number of likely N-dealkylation sites (tertiary alicyclic amines) is 1. The van der Waals surface area contributed by atoms with Crippen LogP contribution in [0.4, 0.5) is 38.9 Å². The molecule has 37 heavy (non-hydrogen) atoms. The highest BCUT2D eigenvalue weighted by Gasteiger charge is 2.34. The summed E-state index contributed by atoms with van der Waals surface area (Å²) in [5.74, 6) is -0.464. The van der Waals surface area contributed by atoms with E-state index in [0.717, 1.165) is 22.6 Å². The van der Waals surface area contributed by atoms with Gasteiger partial charge in [-0.3, -0.25) is 4.79 Å². The van der Waals surface area contributed by atoms with E-state index in [2.05, 4.69) is 30.0 Å². The maximum absolute atomic E-state index is 14.3. The zero-order valence-electron chi connectivity index (χ0n) is 19.0. The summed E-state index contributed by atoms with van der Waals surface area (Å²) in [6.07, 6.45) is -5.25. The van der Waals surface area contributed by atoms with Crippen LogP contribution in [0.25, 0.3) is 0 Å². The average Bonchev–Trinajstić information content (AvgIpc) is 3.21. The lowest BCUT2D eigenvalue weighted by molar-refractivity contribution is -0.141. The monoisotopic (exact) mass is 541 g/mol. The van der Waals surface area contributed by atoms with Gasteiger partial charge in [0.15, 0.2) is 11.9 Å². The van der Waals surface area contributed by atoms with Gasteiger partial charge in [0.25, 0.3) is 5.91 Å². The Hall–Kier alpha value is -4.08. The number of amides is 2. The smallest absolute Gasteiger partial charge is 0.434 e. The normalized spacial score (nSPS) is 17.8. The van der Waals surface area contributed by atoms with Crippen molar-refractivity contribution in [3.05, 3.63) is 47.7 Å². The number of aryl methyl sites for hydroxylation is 1. The molecule has 0 radical (unpaired) electrons. The Morgan fingerprint density at radius 3 is 2.57 bits per heavy atom. The number of rotatable bonds is 6. The van der Waals surface area contributed by atoms with E-state index in [1.807, 2.05) is 0 Å². The average molecular weight is 541 g/mol. The second kappa shape index (κ2) is 10.5. The van der Waals surface area contributed by atoms with Crippen LogP contribution in [-0.2, 0) is 6.18 Å². The quantitative estimate of drug-likeness (QED) is 0.393. The van der Waals surface area contributed by atoms with Crippen LogP contribution in [-0.4, -0.2) is 66.7 Å². The number of piperidine rings is 1. The second-order valence-electron chi connectivity index (χ2n) is 7.91. The number of carboxylic acid groups (broad SMARTS) is 1. The van der Waals surface area contributed by atoms with Crippen LogP contribution in [0.2, 0.25) is 0 Å². The molecule has 0 unspecified atom stereocenters. The first-order valence-electron chi connectivity index (χ1n) is 10.7. The first kappa shape index (κ1) is 26.0. The van der Waals surface area contributed by atoms with Crippen molar-refractivity contribution in [2.24, 2.45) is 0 Å². The van der Waals surface area contributed by atoms with E-state index < -0.39 is 36.1 Å². The van der Waals surface area contributed by atoms with E-state index in [9.17, 15) is 27.2 Å². The number of carbonyl (C=O) groups excluding carboxylic acids is 1. The van der Waals surface area contributed by atoms with Crippen molar-refractivity contribution < 1.29 is 37.0 Å². The molecule has 3 N–H and O–H groups in total. The molecule has 1 aliphatic rings. The summed E-state index contributed by atoms with van der Waals surface area (Å²) in [7, 11) is 0. The molecule has 0 saturated carbocycles. The molecule has 0 bridgehead atoms. The van der Waals surface area contributed by atoms with Gasteiger partial charge in [-0.15, -0.1) is 0 Å². The maximum Gasteiger partial charge on any atom is 0.434 e. The van der Waals surface area contributed by atoms with Crippen molar-refractivity contribution in [1.29, 1.82) is 0 Å². The Kier molecular flexibility index (Phi) is 7.37. The van der Waals surface area contributed by atoms with Gasteiger partial charge in [0.1, 0.15) is 16.9 Å². The number of halogens is 4. The van der Waals surface area contributed by atoms with E-state index in [1.165, 1.54) is 18.3 Å². The fourth-order valence-electron chi connectivity index (χ4n) is 3.44. The minimum absolute atomic E-state index is 0.00535. The first-order chi connectivity index (χ1) is 17.5. The van der Waals surface area contributed by atoms with E-state index in [0.29, 0.717) is 17.6 Å². The third-order valence-electron chi connectivity index (χ3n) is 5.29. The number of ether oxygens (including phenoxy) is 1. The van der Waals surface area contributed by atoms with Crippen molar-refractivity contribution in [2.45, 2.75) is 31.8 Å². The Labute approximate surface area is 210 Å². The summed E-state index contributed by atoms with van der Waals surface area (Å²) >= 11 is 0.920. The fraction of sp³-hybridized carbons (Fsp3) is 0.333. The third kappa shape index (κ3) is 6.19. The number of anilines is 3. The molecule has 4 heterocycles. The fourth-order valence-corrected chi connectivity index (χ4v) is 4.24. The van der Waals surface area contributed by atoms with Gasteiger partial charge in [0.2, 0.25) is 5.88 Å². The van der Waals surface area contributed by atoms with Gasteiger partial charge in [0.05, 0.1) is 42.1 Å². The zero-order chi connectivity index (χ0) is 26.7. The lowest BCUT2D eigenvalue weighted by Gasteiger charge is -2.32. The summed E-state index contributed by atoms with van der Waals surface area (Å²) in [5, 5.41) is 14.6. The number of alkyl halides is 4. The highest BCUT2D eigenvalue weighted by molar-refractivity contribution is 7.10. The predicted molar refractivity (Wildman–Crippen MR) is 123 cm³/mol. The SMILES string of the molecule is Cc1nsc(Nc2cnc(C(F)(F)F)cn2)c1C(=O)Nc1ccc(O[C@@H]2CCN(C(=O)O)C[C@@H]2F)nc1. The summed E-state index contributed by atoms with van der Waals surface area (Å²) in [6.45, 7) is 1.43. The van der Waals surface area contributed by atoms with Crippen LogP contribution in [0.5, 0.6) is 5.88 Å². The number of carbonyl (C=O) groups is 2. The number of nitrogens with zero attached hydrogens (tertiary/aromatic N) is 5. The zero-order valence-corrected chi connectivity index (χ0v) is 19.8. The topological polar surface area (TPSA) is 142 Å². The number of pyridine rings is 1. The summed E-state index contributed by atoms with van der Waals surface area (Å²) in [6, 6.07) is 2.92. The molecule has 0 spiro atoms. The highest BCUT2D eigenvalue weighted by atomic mass is 32.1.